The molecule has 2 fully saturated rings. The van der Waals surface area contributed by atoms with Crippen LogP contribution in [0, 0.1) is 5.41 Å². The number of aliphatic hydroxyl groups is 3. The van der Waals surface area contributed by atoms with Crippen LogP contribution in [0.3, 0.4) is 0 Å². The topological polar surface area (TPSA) is 82.4 Å². The van der Waals surface area contributed by atoms with E-state index in [9.17, 15) is 15.3 Å². The molecule has 118 valence electrons. The molecule has 2 aliphatic heterocycles. The van der Waals surface area contributed by atoms with Crippen molar-refractivity contribution in [1.82, 2.24) is 4.90 Å². The summed E-state index contributed by atoms with van der Waals surface area (Å²) in [6.07, 6.45) is -4.28. The van der Waals surface area contributed by atoms with Crippen LogP contribution in [0.2, 0.25) is 0 Å². The van der Waals surface area contributed by atoms with Gasteiger partial charge in [0, 0.05) is 19.6 Å². The van der Waals surface area contributed by atoms with Crippen LogP contribution in [0.1, 0.15) is 20.8 Å². The molecule has 5 atom stereocenters. The highest BCUT2D eigenvalue weighted by Crippen LogP contribution is 2.33. The second-order valence-corrected chi connectivity index (χ2v) is 6.85. The van der Waals surface area contributed by atoms with Gasteiger partial charge < -0.3 is 24.8 Å². The van der Waals surface area contributed by atoms with E-state index in [0.29, 0.717) is 19.8 Å². The lowest BCUT2D eigenvalue weighted by Crippen LogP contribution is -2.63. The normalized spacial score (nSPS) is 40.8. The summed E-state index contributed by atoms with van der Waals surface area (Å²) in [6, 6.07) is 0. The maximum Gasteiger partial charge on any atom is 0.111 e. The first-order valence-electron chi connectivity index (χ1n) is 7.30. The van der Waals surface area contributed by atoms with E-state index in [-0.39, 0.29) is 5.41 Å². The zero-order valence-electron chi connectivity index (χ0n) is 12.5. The summed E-state index contributed by atoms with van der Waals surface area (Å²) in [5.41, 5.74) is -0.302. The molecule has 2 heterocycles. The van der Waals surface area contributed by atoms with Gasteiger partial charge in [-0.2, -0.15) is 0 Å². The molecule has 0 aliphatic carbocycles. The molecule has 5 unspecified atom stereocenters. The Bertz CT molecular complexity index is 313. The van der Waals surface area contributed by atoms with E-state index >= 15 is 0 Å². The van der Waals surface area contributed by atoms with Crippen LogP contribution >= 0.6 is 0 Å². The molecule has 2 aliphatic rings. The standard InChI is InChI=1S/C14H27NO5/c1-14(2,3)13-12(18)11(17)10(16)9(20-13)8-15-4-6-19-7-5-15/h9-13,16-18H,4-8H2,1-3H3. The van der Waals surface area contributed by atoms with Crippen LogP contribution in [-0.4, -0.2) is 83.6 Å². The summed E-state index contributed by atoms with van der Waals surface area (Å²) in [4.78, 5) is 2.15. The molecular weight excluding hydrogens is 262 g/mol. The molecular formula is C14H27NO5. The summed E-state index contributed by atoms with van der Waals surface area (Å²) in [7, 11) is 0. The minimum absolute atomic E-state index is 0.302. The predicted octanol–water partition coefficient (Wildman–Crippen LogP) is -0.785. The van der Waals surface area contributed by atoms with E-state index in [2.05, 4.69) is 4.90 Å². The number of rotatable bonds is 2. The largest absolute Gasteiger partial charge is 0.388 e. The molecule has 2 saturated heterocycles. The Balaban J connectivity index is 2.03. The molecule has 0 aromatic carbocycles. The fourth-order valence-electron chi connectivity index (χ4n) is 2.86. The average Bonchev–Trinajstić information content (AvgIpc) is 2.39. The minimum atomic E-state index is -1.17. The first kappa shape index (κ1) is 16.1. The van der Waals surface area contributed by atoms with E-state index in [1.807, 2.05) is 20.8 Å². The van der Waals surface area contributed by atoms with Crippen molar-refractivity contribution in [3.05, 3.63) is 0 Å². The van der Waals surface area contributed by atoms with Crippen molar-refractivity contribution in [2.75, 3.05) is 32.8 Å². The Labute approximate surface area is 120 Å². The van der Waals surface area contributed by atoms with Crippen LogP contribution in [-0.2, 0) is 9.47 Å². The van der Waals surface area contributed by atoms with Crippen molar-refractivity contribution in [2.24, 2.45) is 5.41 Å². The second kappa shape index (κ2) is 6.25. The number of aliphatic hydroxyl groups excluding tert-OH is 3. The van der Waals surface area contributed by atoms with E-state index < -0.39 is 30.5 Å². The van der Waals surface area contributed by atoms with Crippen LogP contribution in [0.5, 0.6) is 0 Å². The number of hydrogen-bond acceptors (Lipinski definition) is 6. The lowest BCUT2D eigenvalue weighted by molar-refractivity contribution is -0.248. The Morgan fingerprint density at radius 1 is 1.00 bits per heavy atom. The Morgan fingerprint density at radius 3 is 2.15 bits per heavy atom. The molecule has 20 heavy (non-hydrogen) atoms. The van der Waals surface area contributed by atoms with Gasteiger partial charge in [0.1, 0.15) is 18.3 Å². The van der Waals surface area contributed by atoms with Gasteiger partial charge in [-0.05, 0) is 5.41 Å². The molecule has 2 rings (SSSR count). The van der Waals surface area contributed by atoms with E-state index in [4.69, 9.17) is 9.47 Å². The van der Waals surface area contributed by atoms with Gasteiger partial charge in [0.2, 0.25) is 0 Å². The molecule has 3 N–H and O–H groups in total. The third-order valence-corrected chi connectivity index (χ3v) is 4.11. The van der Waals surface area contributed by atoms with Crippen LogP contribution in [0.25, 0.3) is 0 Å². The molecule has 6 heteroatoms. The van der Waals surface area contributed by atoms with Gasteiger partial charge in [-0.15, -0.1) is 0 Å². The van der Waals surface area contributed by atoms with Gasteiger partial charge in [-0.1, -0.05) is 20.8 Å². The number of hydrogen-bond donors (Lipinski definition) is 3. The van der Waals surface area contributed by atoms with Gasteiger partial charge in [-0.3, -0.25) is 4.90 Å². The third-order valence-electron chi connectivity index (χ3n) is 4.11. The van der Waals surface area contributed by atoms with E-state index in [1.165, 1.54) is 0 Å². The van der Waals surface area contributed by atoms with Crippen LogP contribution < -0.4 is 0 Å². The second-order valence-electron chi connectivity index (χ2n) is 6.85. The summed E-state index contributed by atoms with van der Waals surface area (Å²) >= 11 is 0. The van der Waals surface area contributed by atoms with Crippen LogP contribution in [0.15, 0.2) is 0 Å². The van der Waals surface area contributed by atoms with E-state index in [0.717, 1.165) is 13.1 Å². The summed E-state index contributed by atoms with van der Waals surface area (Å²) < 4.78 is 11.2. The molecule has 0 amide bonds. The van der Waals surface area contributed by atoms with Crippen molar-refractivity contribution in [1.29, 1.82) is 0 Å². The van der Waals surface area contributed by atoms with Gasteiger partial charge in [0.25, 0.3) is 0 Å². The van der Waals surface area contributed by atoms with Crippen molar-refractivity contribution in [3.8, 4) is 0 Å². The van der Waals surface area contributed by atoms with Crippen molar-refractivity contribution >= 4 is 0 Å². The Morgan fingerprint density at radius 2 is 1.60 bits per heavy atom. The summed E-state index contributed by atoms with van der Waals surface area (Å²) in [6.45, 7) is 9.36. The fraction of sp³-hybridized carbons (Fsp3) is 1.00. The SMILES string of the molecule is CC(C)(C)C1OC(CN2CCOCC2)C(O)C(O)C1O. The minimum Gasteiger partial charge on any atom is -0.388 e. The predicted molar refractivity (Wildman–Crippen MR) is 73.4 cm³/mol. The van der Waals surface area contributed by atoms with Gasteiger partial charge in [0.05, 0.1) is 25.4 Å². The molecule has 0 radical (unpaired) electrons. The molecule has 0 bridgehead atoms. The summed E-state index contributed by atoms with van der Waals surface area (Å²) in [5.74, 6) is 0. The van der Waals surface area contributed by atoms with Crippen molar-refractivity contribution in [2.45, 2.75) is 51.3 Å². The lowest BCUT2D eigenvalue weighted by atomic mass is 9.80. The monoisotopic (exact) mass is 289 g/mol. The van der Waals surface area contributed by atoms with Crippen molar-refractivity contribution < 1.29 is 24.8 Å². The van der Waals surface area contributed by atoms with Gasteiger partial charge in [0.15, 0.2) is 0 Å². The zero-order valence-corrected chi connectivity index (χ0v) is 12.5. The van der Waals surface area contributed by atoms with E-state index in [1.54, 1.807) is 0 Å². The first-order chi connectivity index (χ1) is 9.30. The third kappa shape index (κ3) is 3.50. The lowest BCUT2D eigenvalue weighted by Gasteiger charge is -2.47. The van der Waals surface area contributed by atoms with Crippen LogP contribution in [0.4, 0.5) is 0 Å². The smallest absolute Gasteiger partial charge is 0.111 e. The quantitative estimate of drug-likeness (QED) is 0.618. The Kier molecular flexibility index (Phi) is 5.05. The maximum absolute atomic E-state index is 10.1. The first-order valence-corrected chi connectivity index (χ1v) is 7.30. The zero-order chi connectivity index (χ0) is 14.9. The molecule has 6 nitrogen and oxygen atoms in total. The molecule has 0 aromatic rings. The highest BCUT2D eigenvalue weighted by Gasteiger charge is 2.48. The number of morpholine rings is 1. The maximum atomic E-state index is 10.1. The average molecular weight is 289 g/mol. The van der Waals surface area contributed by atoms with Crippen molar-refractivity contribution in [3.63, 3.8) is 0 Å². The number of nitrogens with zero attached hydrogens (tertiary/aromatic N) is 1. The highest BCUT2D eigenvalue weighted by molar-refractivity contribution is 4.97. The molecule has 0 saturated carbocycles. The van der Waals surface area contributed by atoms with Gasteiger partial charge in [-0.25, -0.2) is 0 Å². The summed E-state index contributed by atoms with van der Waals surface area (Å²) in [5, 5.41) is 30.3. The number of ether oxygens (including phenoxy) is 2. The molecule has 0 aromatic heterocycles. The fourth-order valence-corrected chi connectivity index (χ4v) is 2.86. The Hall–Kier alpha value is -0.240. The molecule has 0 spiro atoms. The highest BCUT2D eigenvalue weighted by atomic mass is 16.5. The van der Waals surface area contributed by atoms with Gasteiger partial charge >= 0.3 is 0 Å².